The van der Waals surface area contributed by atoms with Crippen molar-refractivity contribution in [2.24, 2.45) is 0 Å². The van der Waals surface area contributed by atoms with E-state index in [2.05, 4.69) is 6.92 Å². The molecule has 0 N–H and O–H groups in total. The summed E-state index contributed by atoms with van der Waals surface area (Å²) in [5.74, 6) is 1.10. The van der Waals surface area contributed by atoms with Crippen molar-refractivity contribution in [3.05, 3.63) is 0 Å². The van der Waals surface area contributed by atoms with Crippen LogP contribution in [0.4, 0.5) is 0 Å². The van der Waals surface area contributed by atoms with Crippen molar-refractivity contribution in [1.82, 2.24) is 0 Å². The van der Waals surface area contributed by atoms with E-state index in [9.17, 15) is 0 Å². The fourth-order valence-corrected chi connectivity index (χ4v) is 1.42. The zero-order chi connectivity index (χ0) is 10.6. The van der Waals surface area contributed by atoms with E-state index in [1.165, 1.54) is 12.8 Å². The van der Waals surface area contributed by atoms with Gasteiger partial charge in [-0.15, -0.1) is 23.2 Å². The molecule has 0 fully saturated rings. The molecule has 0 bridgehead atoms. The molecule has 0 unspecified atom stereocenters. The van der Waals surface area contributed by atoms with Crippen LogP contribution in [0.15, 0.2) is 0 Å². The molecule has 0 amide bonds. The van der Waals surface area contributed by atoms with Gasteiger partial charge in [0, 0.05) is 11.8 Å². The van der Waals surface area contributed by atoms with E-state index in [-0.39, 0.29) is 6.10 Å². The maximum absolute atomic E-state index is 5.76. The van der Waals surface area contributed by atoms with Crippen LogP contribution >= 0.6 is 23.2 Å². The summed E-state index contributed by atoms with van der Waals surface area (Å²) in [5, 5.41) is 0. The van der Waals surface area contributed by atoms with Gasteiger partial charge in [-0.3, -0.25) is 0 Å². The number of alkyl halides is 2. The zero-order valence-corrected chi connectivity index (χ0v) is 10.3. The van der Waals surface area contributed by atoms with Crippen LogP contribution in [0, 0.1) is 0 Å². The Morgan fingerprint density at radius 3 is 2.50 bits per heavy atom. The van der Waals surface area contributed by atoms with Crippen molar-refractivity contribution >= 4 is 23.2 Å². The predicted molar refractivity (Wildman–Crippen MR) is 61.5 cm³/mol. The van der Waals surface area contributed by atoms with Gasteiger partial charge in [0.2, 0.25) is 0 Å². The highest BCUT2D eigenvalue weighted by Crippen LogP contribution is 2.06. The third-order valence-electron chi connectivity index (χ3n) is 1.85. The van der Waals surface area contributed by atoms with Crippen molar-refractivity contribution < 1.29 is 9.47 Å². The van der Waals surface area contributed by atoms with Crippen LogP contribution in [0.25, 0.3) is 0 Å². The highest BCUT2D eigenvalue weighted by Gasteiger charge is 2.06. The molecule has 0 rings (SSSR count). The fourth-order valence-electron chi connectivity index (χ4n) is 1.07. The predicted octanol–water partition coefficient (Wildman–Crippen LogP) is 3.06. The summed E-state index contributed by atoms with van der Waals surface area (Å²) < 4.78 is 10.7. The largest absolute Gasteiger partial charge is 0.378 e. The maximum atomic E-state index is 5.76. The first-order valence-corrected chi connectivity index (χ1v) is 6.23. The van der Waals surface area contributed by atoms with Gasteiger partial charge in [-0.2, -0.15) is 0 Å². The SMILES string of the molecule is CCCC[C@H](CCl)OCCOCCCl. The third-order valence-corrected chi connectivity index (χ3v) is 2.35. The molecule has 0 aliphatic carbocycles. The number of hydrogen-bond donors (Lipinski definition) is 0. The second-order valence-electron chi connectivity index (χ2n) is 3.09. The Morgan fingerprint density at radius 2 is 1.93 bits per heavy atom. The van der Waals surface area contributed by atoms with Gasteiger partial charge in [-0.25, -0.2) is 0 Å². The number of hydrogen-bond acceptors (Lipinski definition) is 2. The average Bonchev–Trinajstić information content (AvgIpc) is 2.22. The lowest BCUT2D eigenvalue weighted by Crippen LogP contribution is -2.18. The topological polar surface area (TPSA) is 18.5 Å². The minimum atomic E-state index is 0.177. The molecular weight excluding hydrogens is 223 g/mol. The highest BCUT2D eigenvalue weighted by atomic mass is 35.5. The molecule has 0 aliphatic rings. The minimum absolute atomic E-state index is 0.177. The normalized spacial score (nSPS) is 13.1. The van der Waals surface area contributed by atoms with Crippen LogP contribution in [0.1, 0.15) is 26.2 Å². The Labute approximate surface area is 96.9 Å². The molecule has 2 nitrogen and oxygen atoms in total. The fraction of sp³-hybridized carbons (Fsp3) is 1.00. The summed E-state index contributed by atoms with van der Waals surface area (Å²) in [4.78, 5) is 0. The molecule has 1 atom stereocenters. The van der Waals surface area contributed by atoms with Crippen LogP contribution in [0.5, 0.6) is 0 Å². The monoisotopic (exact) mass is 242 g/mol. The summed E-state index contributed by atoms with van der Waals surface area (Å²) in [6.45, 7) is 3.96. The molecule has 0 aromatic heterocycles. The van der Waals surface area contributed by atoms with Crippen LogP contribution in [0.2, 0.25) is 0 Å². The summed E-state index contributed by atoms with van der Waals surface area (Å²) in [7, 11) is 0. The van der Waals surface area contributed by atoms with E-state index in [0.29, 0.717) is 31.6 Å². The van der Waals surface area contributed by atoms with Crippen LogP contribution in [0.3, 0.4) is 0 Å². The van der Waals surface area contributed by atoms with Crippen molar-refractivity contribution in [3.8, 4) is 0 Å². The Bertz CT molecular complexity index is 112. The molecule has 4 heteroatoms. The number of unbranched alkanes of at least 4 members (excludes halogenated alkanes) is 1. The van der Waals surface area contributed by atoms with E-state index in [0.717, 1.165) is 6.42 Å². The molecule has 14 heavy (non-hydrogen) atoms. The lowest BCUT2D eigenvalue weighted by molar-refractivity contribution is 0.0133. The summed E-state index contributed by atoms with van der Waals surface area (Å²) in [5.41, 5.74) is 0. The van der Waals surface area contributed by atoms with Gasteiger partial charge < -0.3 is 9.47 Å². The maximum Gasteiger partial charge on any atom is 0.0711 e. The van der Waals surface area contributed by atoms with Crippen LogP contribution in [-0.2, 0) is 9.47 Å². The molecule has 0 saturated carbocycles. The Kier molecular flexibility index (Phi) is 12.0. The van der Waals surface area contributed by atoms with Crippen molar-refractivity contribution in [2.75, 3.05) is 31.6 Å². The van der Waals surface area contributed by atoms with Crippen LogP contribution < -0.4 is 0 Å². The molecule has 0 aromatic carbocycles. The van der Waals surface area contributed by atoms with E-state index in [4.69, 9.17) is 32.7 Å². The smallest absolute Gasteiger partial charge is 0.0711 e. The Morgan fingerprint density at radius 1 is 1.14 bits per heavy atom. The first-order valence-electron chi connectivity index (χ1n) is 5.16. The average molecular weight is 243 g/mol. The Balaban J connectivity index is 3.24. The number of ether oxygens (including phenoxy) is 2. The van der Waals surface area contributed by atoms with Crippen molar-refractivity contribution in [1.29, 1.82) is 0 Å². The number of halogens is 2. The van der Waals surface area contributed by atoms with Gasteiger partial charge in [0.05, 0.1) is 25.9 Å². The molecule has 0 saturated heterocycles. The van der Waals surface area contributed by atoms with Gasteiger partial charge in [0.25, 0.3) is 0 Å². The first-order chi connectivity index (χ1) is 6.85. The van der Waals surface area contributed by atoms with Gasteiger partial charge in [-0.05, 0) is 6.42 Å². The minimum Gasteiger partial charge on any atom is -0.378 e. The molecule has 0 radical (unpaired) electrons. The molecular formula is C10H20Cl2O2. The van der Waals surface area contributed by atoms with Crippen molar-refractivity contribution in [3.63, 3.8) is 0 Å². The standard InChI is InChI=1S/C10H20Cl2O2/c1-2-3-4-10(9-12)14-8-7-13-6-5-11/h10H,2-9H2,1H3/t10-/m1/s1. The summed E-state index contributed by atoms with van der Waals surface area (Å²) >= 11 is 11.2. The lowest BCUT2D eigenvalue weighted by Gasteiger charge is -2.14. The van der Waals surface area contributed by atoms with E-state index in [1.807, 2.05) is 0 Å². The summed E-state index contributed by atoms with van der Waals surface area (Å²) in [6, 6.07) is 0. The van der Waals surface area contributed by atoms with Gasteiger partial charge >= 0.3 is 0 Å². The third kappa shape index (κ3) is 9.07. The van der Waals surface area contributed by atoms with E-state index < -0.39 is 0 Å². The van der Waals surface area contributed by atoms with E-state index >= 15 is 0 Å². The highest BCUT2D eigenvalue weighted by molar-refractivity contribution is 6.18. The molecule has 0 aliphatic heterocycles. The number of rotatable bonds is 10. The molecule has 0 aromatic rings. The van der Waals surface area contributed by atoms with E-state index in [1.54, 1.807) is 0 Å². The Hall–Kier alpha value is 0.500. The summed E-state index contributed by atoms with van der Waals surface area (Å²) in [6.07, 6.45) is 3.56. The first kappa shape index (κ1) is 14.5. The van der Waals surface area contributed by atoms with Gasteiger partial charge in [-0.1, -0.05) is 19.8 Å². The van der Waals surface area contributed by atoms with Gasteiger partial charge in [0.1, 0.15) is 0 Å². The molecule has 0 spiro atoms. The quantitative estimate of drug-likeness (QED) is 0.433. The van der Waals surface area contributed by atoms with Crippen LogP contribution in [-0.4, -0.2) is 37.7 Å². The lowest BCUT2D eigenvalue weighted by atomic mass is 10.2. The molecule has 86 valence electrons. The zero-order valence-electron chi connectivity index (χ0n) is 8.81. The van der Waals surface area contributed by atoms with Gasteiger partial charge in [0.15, 0.2) is 0 Å². The van der Waals surface area contributed by atoms with Crippen molar-refractivity contribution in [2.45, 2.75) is 32.3 Å². The second-order valence-corrected chi connectivity index (χ2v) is 3.78. The molecule has 0 heterocycles. The second kappa shape index (κ2) is 11.6.